The summed E-state index contributed by atoms with van der Waals surface area (Å²) in [4.78, 5) is 12.3. The molecule has 0 bridgehead atoms. The Morgan fingerprint density at radius 1 is 1.23 bits per heavy atom. The van der Waals surface area contributed by atoms with E-state index in [0.29, 0.717) is 16.0 Å². The predicted octanol–water partition coefficient (Wildman–Crippen LogP) is 4.26. The minimum Gasteiger partial charge on any atom is -0.494 e. The summed E-state index contributed by atoms with van der Waals surface area (Å²) in [6, 6.07) is 11.4. The lowest BCUT2D eigenvalue weighted by Gasteiger charge is -2.05. The third kappa shape index (κ3) is 3.89. The Bertz CT molecular complexity index is 944. The molecule has 0 atom stereocenters. The molecule has 0 fully saturated rings. The molecule has 0 aliphatic rings. The van der Waals surface area contributed by atoms with E-state index < -0.39 is 5.82 Å². The molecule has 0 aliphatic heterocycles. The van der Waals surface area contributed by atoms with Crippen molar-refractivity contribution in [1.29, 1.82) is 0 Å². The molecule has 0 saturated carbocycles. The van der Waals surface area contributed by atoms with Crippen LogP contribution in [0.15, 0.2) is 47.6 Å². The second-order valence-corrected chi connectivity index (χ2v) is 6.81. The van der Waals surface area contributed by atoms with Gasteiger partial charge >= 0.3 is 0 Å². The Labute approximate surface area is 159 Å². The van der Waals surface area contributed by atoms with Crippen molar-refractivity contribution in [2.24, 2.45) is 7.05 Å². The van der Waals surface area contributed by atoms with Crippen LogP contribution in [-0.2, 0) is 7.05 Å². The summed E-state index contributed by atoms with van der Waals surface area (Å²) in [5.74, 6) is 0.139. The number of ether oxygens (including phenoxy) is 1. The molecule has 8 heteroatoms. The Morgan fingerprint density at radius 3 is 2.62 bits per heavy atom. The number of methoxy groups -OCH3 is 1. The summed E-state index contributed by atoms with van der Waals surface area (Å²) in [7, 11) is 3.20. The van der Waals surface area contributed by atoms with E-state index in [0.717, 1.165) is 5.56 Å². The summed E-state index contributed by atoms with van der Waals surface area (Å²) in [6.45, 7) is 0. The zero-order valence-electron chi connectivity index (χ0n) is 14.1. The number of rotatable bonds is 6. The predicted molar refractivity (Wildman–Crippen MR) is 99.5 cm³/mol. The third-order valence-corrected chi connectivity index (χ3v) is 5.02. The number of hydrogen-bond donors (Lipinski definition) is 0. The maximum Gasteiger partial charge on any atom is 0.191 e. The van der Waals surface area contributed by atoms with Gasteiger partial charge in [-0.25, -0.2) is 4.39 Å². The fraction of sp³-hybridized carbons (Fsp3) is 0.167. The van der Waals surface area contributed by atoms with Gasteiger partial charge in [0, 0.05) is 23.2 Å². The number of ketones is 1. The molecule has 134 valence electrons. The van der Waals surface area contributed by atoms with Crippen molar-refractivity contribution in [1.82, 2.24) is 14.8 Å². The number of halogens is 2. The van der Waals surface area contributed by atoms with E-state index in [1.807, 2.05) is 19.2 Å². The molecule has 0 spiro atoms. The highest BCUT2D eigenvalue weighted by Crippen LogP contribution is 2.25. The monoisotopic (exact) mass is 391 g/mol. The van der Waals surface area contributed by atoms with Gasteiger partial charge in [0.15, 0.2) is 28.3 Å². The molecule has 0 aliphatic carbocycles. The smallest absolute Gasteiger partial charge is 0.191 e. The van der Waals surface area contributed by atoms with E-state index in [2.05, 4.69) is 10.2 Å². The highest BCUT2D eigenvalue weighted by molar-refractivity contribution is 7.99. The minimum atomic E-state index is -0.563. The van der Waals surface area contributed by atoms with Gasteiger partial charge in [-0.1, -0.05) is 23.4 Å². The Kier molecular flexibility index (Phi) is 5.58. The van der Waals surface area contributed by atoms with Crippen molar-refractivity contribution in [3.05, 3.63) is 58.9 Å². The van der Waals surface area contributed by atoms with Crippen molar-refractivity contribution in [2.75, 3.05) is 12.9 Å². The first-order valence-corrected chi connectivity index (χ1v) is 9.01. The first-order chi connectivity index (χ1) is 12.5. The van der Waals surface area contributed by atoms with Crippen LogP contribution in [0.4, 0.5) is 4.39 Å². The van der Waals surface area contributed by atoms with Crippen molar-refractivity contribution < 1.29 is 13.9 Å². The van der Waals surface area contributed by atoms with Crippen molar-refractivity contribution in [3.8, 4) is 17.1 Å². The molecule has 0 radical (unpaired) electrons. The lowest BCUT2D eigenvalue weighted by molar-refractivity contribution is 0.102. The van der Waals surface area contributed by atoms with Crippen LogP contribution in [0.1, 0.15) is 10.4 Å². The molecule has 0 N–H and O–H groups in total. The number of carbonyl (C=O) groups is 1. The minimum absolute atomic E-state index is 0.107. The highest BCUT2D eigenvalue weighted by Gasteiger charge is 2.15. The van der Waals surface area contributed by atoms with Gasteiger partial charge in [0.05, 0.1) is 12.9 Å². The van der Waals surface area contributed by atoms with Gasteiger partial charge in [0.25, 0.3) is 0 Å². The third-order valence-electron chi connectivity index (χ3n) is 3.74. The van der Waals surface area contributed by atoms with Gasteiger partial charge in [-0.3, -0.25) is 4.79 Å². The number of benzene rings is 2. The van der Waals surface area contributed by atoms with Crippen LogP contribution in [0.5, 0.6) is 5.75 Å². The molecular formula is C18H15ClFN3O2S. The number of carbonyl (C=O) groups excluding carboxylic acids is 1. The molecule has 3 aromatic rings. The molecule has 26 heavy (non-hydrogen) atoms. The van der Waals surface area contributed by atoms with Crippen LogP contribution in [-0.4, -0.2) is 33.4 Å². The summed E-state index contributed by atoms with van der Waals surface area (Å²) < 4.78 is 20.4. The van der Waals surface area contributed by atoms with E-state index >= 15 is 0 Å². The molecule has 0 amide bonds. The molecule has 3 rings (SSSR count). The van der Waals surface area contributed by atoms with E-state index in [4.69, 9.17) is 16.3 Å². The van der Waals surface area contributed by atoms with Gasteiger partial charge in [-0.15, -0.1) is 10.2 Å². The summed E-state index contributed by atoms with van der Waals surface area (Å²) in [6.07, 6.45) is 0. The highest BCUT2D eigenvalue weighted by atomic mass is 35.5. The fourth-order valence-electron chi connectivity index (χ4n) is 2.34. The first-order valence-electron chi connectivity index (χ1n) is 7.64. The van der Waals surface area contributed by atoms with Gasteiger partial charge < -0.3 is 9.30 Å². The number of nitrogens with zero attached hydrogens (tertiary/aromatic N) is 3. The van der Waals surface area contributed by atoms with Gasteiger partial charge in [-0.2, -0.15) is 0 Å². The molecule has 0 unspecified atom stereocenters. The van der Waals surface area contributed by atoms with E-state index in [9.17, 15) is 9.18 Å². The van der Waals surface area contributed by atoms with Gasteiger partial charge in [0.2, 0.25) is 0 Å². The molecule has 5 nitrogen and oxygen atoms in total. The van der Waals surface area contributed by atoms with Gasteiger partial charge in [0.1, 0.15) is 0 Å². The summed E-state index contributed by atoms with van der Waals surface area (Å²) >= 11 is 7.14. The average Bonchev–Trinajstić information content (AvgIpc) is 3.01. The quantitative estimate of drug-likeness (QED) is 0.464. The van der Waals surface area contributed by atoms with Crippen molar-refractivity contribution in [3.63, 3.8) is 0 Å². The van der Waals surface area contributed by atoms with Crippen LogP contribution >= 0.6 is 23.4 Å². The topological polar surface area (TPSA) is 57.0 Å². The largest absolute Gasteiger partial charge is 0.494 e. The molecule has 0 saturated heterocycles. The first kappa shape index (κ1) is 18.4. The number of Topliss-reactive ketones (excluding diaryl/α,β-unsaturated/α-hetero) is 1. The number of thioether (sulfide) groups is 1. The normalized spacial score (nSPS) is 10.8. The summed E-state index contributed by atoms with van der Waals surface area (Å²) in [5, 5.41) is 9.52. The van der Waals surface area contributed by atoms with E-state index in [1.54, 1.807) is 22.8 Å². The number of aromatic nitrogens is 3. The maximum atomic E-state index is 13.7. The second kappa shape index (κ2) is 7.88. The van der Waals surface area contributed by atoms with Crippen LogP contribution in [0.25, 0.3) is 11.4 Å². The van der Waals surface area contributed by atoms with Crippen LogP contribution in [0.3, 0.4) is 0 Å². The molecular weight excluding hydrogens is 377 g/mol. The lowest BCUT2D eigenvalue weighted by Crippen LogP contribution is -2.05. The van der Waals surface area contributed by atoms with Gasteiger partial charge in [-0.05, 0) is 42.5 Å². The van der Waals surface area contributed by atoms with Crippen molar-refractivity contribution >= 4 is 29.1 Å². The van der Waals surface area contributed by atoms with Crippen LogP contribution in [0.2, 0.25) is 5.02 Å². The van der Waals surface area contributed by atoms with Crippen LogP contribution in [0, 0.1) is 5.82 Å². The Hall–Kier alpha value is -2.38. The standard InChI is InChI=1S/C18H15ClFN3O2S/c1-23-17(11-3-6-13(19)7-4-11)21-22-18(23)26-10-15(24)12-5-8-16(25-2)14(20)9-12/h3-9H,10H2,1-2H3. The van der Waals surface area contributed by atoms with Crippen molar-refractivity contribution in [2.45, 2.75) is 5.16 Å². The molecule has 2 aromatic carbocycles. The maximum absolute atomic E-state index is 13.7. The van der Waals surface area contributed by atoms with E-state index in [-0.39, 0.29) is 22.8 Å². The Balaban J connectivity index is 1.71. The SMILES string of the molecule is COc1ccc(C(=O)CSc2nnc(-c3ccc(Cl)cc3)n2C)cc1F. The fourth-order valence-corrected chi connectivity index (χ4v) is 3.28. The molecule has 1 heterocycles. The zero-order chi connectivity index (χ0) is 18.7. The number of hydrogen-bond acceptors (Lipinski definition) is 5. The zero-order valence-corrected chi connectivity index (χ0v) is 15.6. The van der Waals surface area contributed by atoms with E-state index in [1.165, 1.54) is 31.0 Å². The van der Waals surface area contributed by atoms with Crippen LogP contribution < -0.4 is 4.74 Å². The molecule has 1 aromatic heterocycles. The summed E-state index contributed by atoms with van der Waals surface area (Å²) in [5.41, 5.74) is 1.16. The lowest BCUT2D eigenvalue weighted by atomic mass is 10.1. The Morgan fingerprint density at radius 2 is 1.96 bits per heavy atom. The average molecular weight is 392 g/mol. The second-order valence-electron chi connectivity index (χ2n) is 5.43.